The fraction of sp³-hybridized carbons (Fsp3) is 0.125. The molecule has 3 aromatic rings. The van der Waals surface area contributed by atoms with Crippen molar-refractivity contribution in [2.45, 2.75) is 6.42 Å². The lowest BCUT2D eigenvalue weighted by Crippen LogP contribution is -2.01. The van der Waals surface area contributed by atoms with Crippen molar-refractivity contribution in [3.05, 3.63) is 65.2 Å². The fourth-order valence-corrected chi connectivity index (χ4v) is 2.28. The minimum atomic E-state index is -0.426. The highest BCUT2D eigenvalue weighted by Crippen LogP contribution is 2.19. The molecule has 0 saturated carbocycles. The first-order valence-electron chi connectivity index (χ1n) is 6.48. The lowest BCUT2D eigenvalue weighted by atomic mass is 10.1. The smallest absolute Gasteiger partial charge is 0.340 e. The summed E-state index contributed by atoms with van der Waals surface area (Å²) in [4.78, 5) is 19.3. The van der Waals surface area contributed by atoms with Crippen molar-refractivity contribution in [1.82, 2.24) is 9.97 Å². The van der Waals surface area contributed by atoms with Crippen LogP contribution in [0.4, 0.5) is 4.39 Å². The number of aromatic nitrogens is 2. The number of H-pyrrole nitrogens is 1. The molecule has 21 heavy (non-hydrogen) atoms. The molecule has 0 unspecified atom stereocenters. The molecule has 0 aliphatic rings. The summed E-state index contributed by atoms with van der Waals surface area (Å²) in [6, 6.07) is 11.6. The topological polar surface area (TPSA) is 55.0 Å². The van der Waals surface area contributed by atoms with Gasteiger partial charge in [-0.3, -0.25) is 0 Å². The summed E-state index contributed by atoms with van der Waals surface area (Å²) >= 11 is 0. The lowest BCUT2D eigenvalue weighted by molar-refractivity contribution is 0.0603. The summed E-state index contributed by atoms with van der Waals surface area (Å²) in [6.45, 7) is 0. The number of aromatic amines is 1. The van der Waals surface area contributed by atoms with Gasteiger partial charge in [-0.2, -0.15) is 0 Å². The van der Waals surface area contributed by atoms with E-state index in [-0.39, 0.29) is 5.82 Å². The standard InChI is InChI=1S/C16H13FN2O2/c1-21-16(20)12-6-3-7-13-15(12)19-14(18-13)9-10-4-2-5-11(17)8-10/h2-8H,9H2,1H3,(H,18,19). The molecular formula is C16H13FN2O2. The highest BCUT2D eigenvalue weighted by molar-refractivity contribution is 6.01. The Morgan fingerprint density at radius 3 is 2.86 bits per heavy atom. The number of nitrogens with one attached hydrogen (secondary N) is 1. The van der Waals surface area contributed by atoms with Gasteiger partial charge in [-0.05, 0) is 29.8 Å². The lowest BCUT2D eigenvalue weighted by Gasteiger charge is -1.98. The molecule has 0 amide bonds. The highest BCUT2D eigenvalue weighted by Gasteiger charge is 2.14. The number of rotatable bonds is 3. The van der Waals surface area contributed by atoms with Crippen LogP contribution in [-0.2, 0) is 11.2 Å². The number of imidazole rings is 1. The van der Waals surface area contributed by atoms with Crippen LogP contribution >= 0.6 is 0 Å². The van der Waals surface area contributed by atoms with Gasteiger partial charge < -0.3 is 9.72 Å². The summed E-state index contributed by atoms with van der Waals surface area (Å²) in [5.41, 5.74) is 2.55. The van der Waals surface area contributed by atoms with E-state index in [9.17, 15) is 9.18 Å². The molecule has 3 rings (SSSR count). The normalized spacial score (nSPS) is 10.8. The Balaban J connectivity index is 1.99. The predicted octanol–water partition coefficient (Wildman–Crippen LogP) is 3.08. The highest BCUT2D eigenvalue weighted by atomic mass is 19.1. The van der Waals surface area contributed by atoms with Crippen LogP contribution in [0.15, 0.2) is 42.5 Å². The van der Waals surface area contributed by atoms with Gasteiger partial charge >= 0.3 is 5.97 Å². The molecule has 0 aliphatic carbocycles. The van der Waals surface area contributed by atoms with Gasteiger partial charge in [0.05, 0.1) is 18.2 Å². The van der Waals surface area contributed by atoms with E-state index in [0.717, 1.165) is 11.1 Å². The number of para-hydroxylation sites is 1. The van der Waals surface area contributed by atoms with E-state index in [2.05, 4.69) is 9.97 Å². The van der Waals surface area contributed by atoms with E-state index < -0.39 is 5.97 Å². The van der Waals surface area contributed by atoms with E-state index in [1.807, 2.05) is 12.1 Å². The number of methoxy groups -OCH3 is 1. The number of nitrogens with zero attached hydrogens (tertiary/aromatic N) is 1. The first-order chi connectivity index (χ1) is 10.2. The van der Waals surface area contributed by atoms with Crippen LogP contribution in [0, 0.1) is 5.82 Å². The Morgan fingerprint density at radius 1 is 1.29 bits per heavy atom. The zero-order valence-electron chi connectivity index (χ0n) is 11.4. The van der Waals surface area contributed by atoms with Crippen molar-refractivity contribution in [2.24, 2.45) is 0 Å². The number of hydrogen-bond acceptors (Lipinski definition) is 3. The molecule has 0 aliphatic heterocycles. The molecule has 0 spiro atoms. The van der Waals surface area contributed by atoms with Crippen molar-refractivity contribution in [1.29, 1.82) is 0 Å². The number of carbonyl (C=O) groups excluding carboxylic acids is 1. The molecule has 4 nitrogen and oxygen atoms in total. The molecule has 0 radical (unpaired) electrons. The maximum atomic E-state index is 13.2. The molecule has 2 aromatic carbocycles. The van der Waals surface area contributed by atoms with Crippen LogP contribution in [0.3, 0.4) is 0 Å². The van der Waals surface area contributed by atoms with Gasteiger partial charge in [-0.25, -0.2) is 14.2 Å². The van der Waals surface area contributed by atoms with Gasteiger partial charge in [0.1, 0.15) is 17.2 Å². The average molecular weight is 284 g/mol. The molecule has 1 heterocycles. The average Bonchev–Trinajstić information content (AvgIpc) is 2.88. The molecule has 1 N–H and O–H groups in total. The minimum Gasteiger partial charge on any atom is -0.465 e. The number of benzene rings is 2. The number of carbonyl (C=O) groups is 1. The maximum absolute atomic E-state index is 13.2. The first-order valence-corrected chi connectivity index (χ1v) is 6.48. The van der Waals surface area contributed by atoms with Gasteiger partial charge in [0, 0.05) is 6.42 Å². The third kappa shape index (κ3) is 2.63. The Hall–Kier alpha value is -2.69. The van der Waals surface area contributed by atoms with Crippen LogP contribution in [0.2, 0.25) is 0 Å². The van der Waals surface area contributed by atoms with Gasteiger partial charge in [0.15, 0.2) is 0 Å². The Morgan fingerprint density at radius 2 is 2.10 bits per heavy atom. The first kappa shape index (κ1) is 13.3. The number of halogens is 1. The third-order valence-corrected chi connectivity index (χ3v) is 3.23. The number of ether oxygens (including phenoxy) is 1. The van der Waals surface area contributed by atoms with E-state index in [1.54, 1.807) is 18.2 Å². The van der Waals surface area contributed by atoms with Crippen molar-refractivity contribution in [3.8, 4) is 0 Å². The molecule has 5 heteroatoms. The van der Waals surface area contributed by atoms with E-state index >= 15 is 0 Å². The minimum absolute atomic E-state index is 0.279. The molecule has 0 fully saturated rings. The van der Waals surface area contributed by atoms with Crippen molar-refractivity contribution in [3.63, 3.8) is 0 Å². The van der Waals surface area contributed by atoms with Crippen molar-refractivity contribution < 1.29 is 13.9 Å². The fourth-order valence-electron chi connectivity index (χ4n) is 2.28. The summed E-state index contributed by atoms with van der Waals surface area (Å²) in [7, 11) is 1.33. The zero-order chi connectivity index (χ0) is 14.8. The van der Waals surface area contributed by atoms with E-state index in [4.69, 9.17) is 4.74 Å². The van der Waals surface area contributed by atoms with E-state index in [1.165, 1.54) is 19.2 Å². The molecule has 1 aromatic heterocycles. The van der Waals surface area contributed by atoms with Crippen LogP contribution in [0.1, 0.15) is 21.7 Å². The zero-order valence-corrected chi connectivity index (χ0v) is 11.4. The quantitative estimate of drug-likeness (QED) is 0.752. The molecule has 0 saturated heterocycles. The van der Waals surface area contributed by atoms with Crippen LogP contribution in [0.25, 0.3) is 11.0 Å². The predicted molar refractivity (Wildman–Crippen MR) is 76.6 cm³/mol. The second-order valence-corrected chi connectivity index (χ2v) is 4.68. The van der Waals surface area contributed by atoms with Gasteiger partial charge in [0.25, 0.3) is 0 Å². The van der Waals surface area contributed by atoms with Crippen LogP contribution in [-0.4, -0.2) is 23.0 Å². The Kier molecular flexibility index (Phi) is 3.39. The second kappa shape index (κ2) is 5.36. The number of hydrogen-bond donors (Lipinski definition) is 1. The Labute approximate surface area is 120 Å². The van der Waals surface area contributed by atoms with Crippen LogP contribution < -0.4 is 0 Å². The Bertz CT molecular complexity index is 811. The van der Waals surface area contributed by atoms with Crippen LogP contribution in [0.5, 0.6) is 0 Å². The largest absolute Gasteiger partial charge is 0.465 e. The molecular weight excluding hydrogens is 271 g/mol. The van der Waals surface area contributed by atoms with Crippen molar-refractivity contribution in [2.75, 3.05) is 7.11 Å². The molecule has 106 valence electrons. The summed E-state index contributed by atoms with van der Waals surface area (Å²) < 4.78 is 17.9. The maximum Gasteiger partial charge on any atom is 0.340 e. The van der Waals surface area contributed by atoms with Gasteiger partial charge in [-0.1, -0.05) is 18.2 Å². The summed E-state index contributed by atoms with van der Waals surface area (Å²) in [5, 5.41) is 0. The van der Waals surface area contributed by atoms with E-state index in [0.29, 0.717) is 23.3 Å². The monoisotopic (exact) mass is 284 g/mol. The third-order valence-electron chi connectivity index (χ3n) is 3.23. The molecule has 0 atom stereocenters. The SMILES string of the molecule is COC(=O)c1cccc2[nH]c(Cc3cccc(F)c3)nc12. The van der Waals surface area contributed by atoms with Gasteiger partial charge in [-0.15, -0.1) is 0 Å². The number of esters is 1. The second-order valence-electron chi connectivity index (χ2n) is 4.68. The van der Waals surface area contributed by atoms with Crippen molar-refractivity contribution >= 4 is 17.0 Å². The summed E-state index contributed by atoms with van der Waals surface area (Å²) in [6.07, 6.45) is 0.465. The van der Waals surface area contributed by atoms with Gasteiger partial charge in [0.2, 0.25) is 0 Å². The number of fused-ring (bicyclic) bond motifs is 1. The molecule has 0 bridgehead atoms. The summed E-state index contributed by atoms with van der Waals surface area (Å²) in [5.74, 6) is -0.0322.